The number of nitrogens with zero attached hydrogens (tertiary/aromatic N) is 2. The largest absolute Gasteiger partial charge is 0.277 e. The Kier molecular flexibility index (Phi) is 3.96. The molecular formula is C14H15ClN2O4S. The molecule has 6 nitrogen and oxygen atoms in total. The summed E-state index contributed by atoms with van der Waals surface area (Å²) in [6.07, 6.45) is 0.448. The maximum absolute atomic E-state index is 12.3. The molecule has 0 spiro atoms. The maximum Gasteiger partial charge on any atom is 0.230 e. The Labute approximate surface area is 133 Å². The molecule has 0 atom stereocenters. The number of rotatable bonds is 4. The van der Waals surface area contributed by atoms with E-state index < -0.39 is 10.0 Å². The lowest BCUT2D eigenvalue weighted by Gasteiger charge is -2.41. The van der Waals surface area contributed by atoms with Gasteiger partial charge >= 0.3 is 0 Å². The van der Waals surface area contributed by atoms with Gasteiger partial charge in [-0.05, 0) is 11.6 Å². The normalized spacial score (nSPS) is 20.5. The van der Waals surface area contributed by atoms with Crippen LogP contribution in [0, 0.1) is 0 Å². The SMILES string of the molecule is O=C1CCC(=O)N1C1CN(S(=O)(=O)Cc2ccccc2Cl)C1. The van der Waals surface area contributed by atoms with Crippen LogP contribution in [-0.2, 0) is 25.4 Å². The minimum Gasteiger partial charge on any atom is -0.277 e. The fourth-order valence-corrected chi connectivity index (χ4v) is 4.62. The molecule has 1 aromatic carbocycles. The lowest BCUT2D eigenvalue weighted by molar-refractivity contribution is -0.143. The molecule has 2 aliphatic rings. The van der Waals surface area contributed by atoms with Crippen LogP contribution in [0.1, 0.15) is 18.4 Å². The van der Waals surface area contributed by atoms with Gasteiger partial charge in [-0.3, -0.25) is 14.5 Å². The van der Waals surface area contributed by atoms with Crippen molar-refractivity contribution < 1.29 is 18.0 Å². The highest BCUT2D eigenvalue weighted by molar-refractivity contribution is 7.88. The molecule has 2 fully saturated rings. The van der Waals surface area contributed by atoms with Crippen LogP contribution in [0.15, 0.2) is 24.3 Å². The predicted octanol–water partition coefficient (Wildman–Crippen LogP) is 1.00. The number of likely N-dealkylation sites (tertiary alicyclic amines) is 1. The zero-order chi connectivity index (χ0) is 15.9. The third kappa shape index (κ3) is 2.76. The van der Waals surface area contributed by atoms with E-state index in [0.29, 0.717) is 10.6 Å². The average Bonchev–Trinajstić information content (AvgIpc) is 2.71. The molecule has 0 radical (unpaired) electrons. The van der Waals surface area contributed by atoms with Gasteiger partial charge in [0, 0.05) is 31.0 Å². The van der Waals surface area contributed by atoms with Crippen molar-refractivity contribution in [1.82, 2.24) is 9.21 Å². The quantitative estimate of drug-likeness (QED) is 0.765. The van der Waals surface area contributed by atoms with Crippen molar-refractivity contribution in [2.75, 3.05) is 13.1 Å². The molecule has 2 aliphatic heterocycles. The minimum absolute atomic E-state index is 0.171. The molecule has 0 saturated carbocycles. The van der Waals surface area contributed by atoms with E-state index in [4.69, 9.17) is 11.6 Å². The zero-order valence-electron chi connectivity index (χ0n) is 11.7. The monoisotopic (exact) mass is 342 g/mol. The van der Waals surface area contributed by atoms with E-state index in [1.165, 1.54) is 9.21 Å². The van der Waals surface area contributed by atoms with E-state index in [1.807, 2.05) is 0 Å². The molecule has 0 aliphatic carbocycles. The second-order valence-electron chi connectivity index (χ2n) is 5.48. The molecule has 0 bridgehead atoms. The number of amides is 2. The predicted molar refractivity (Wildman–Crippen MR) is 80.5 cm³/mol. The van der Waals surface area contributed by atoms with E-state index in [9.17, 15) is 18.0 Å². The Morgan fingerprint density at radius 2 is 1.68 bits per heavy atom. The molecule has 22 heavy (non-hydrogen) atoms. The molecule has 1 aromatic rings. The number of hydrogen-bond donors (Lipinski definition) is 0. The average molecular weight is 343 g/mol. The zero-order valence-corrected chi connectivity index (χ0v) is 13.3. The van der Waals surface area contributed by atoms with Gasteiger partial charge in [0.1, 0.15) is 0 Å². The summed E-state index contributed by atoms with van der Waals surface area (Å²) in [5.41, 5.74) is 0.543. The number of carbonyl (C=O) groups is 2. The third-order valence-corrected chi connectivity index (χ3v) is 6.10. The summed E-state index contributed by atoms with van der Waals surface area (Å²) in [5, 5.41) is 0.410. The molecule has 2 saturated heterocycles. The standard InChI is InChI=1S/C14H15ClN2O4S/c15-12-4-2-1-3-10(12)9-22(20,21)16-7-11(8-16)17-13(18)5-6-14(17)19/h1-4,11H,5-9H2. The lowest BCUT2D eigenvalue weighted by Crippen LogP contribution is -2.62. The van der Waals surface area contributed by atoms with Crippen LogP contribution in [0.2, 0.25) is 5.02 Å². The first-order chi connectivity index (χ1) is 10.4. The molecule has 0 N–H and O–H groups in total. The molecular weight excluding hydrogens is 328 g/mol. The van der Waals surface area contributed by atoms with Crippen LogP contribution in [0.3, 0.4) is 0 Å². The number of halogens is 1. The fourth-order valence-electron chi connectivity index (χ4n) is 2.71. The van der Waals surface area contributed by atoms with E-state index >= 15 is 0 Å². The van der Waals surface area contributed by atoms with Gasteiger partial charge in [-0.15, -0.1) is 0 Å². The Bertz CT molecular complexity index is 712. The van der Waals surface area contributed by atoms with Crippen LogP contribution in [0.5, 0.6) is 0 Å². The van der Waals surface area contributed by atoms with Gasteiger partial charge in [-0.2, -0.15) is 4.31 Å². The van der Waals surface area contributed by atoms with Crippen molar-refractivity contribution in [2.45, 2.75) is 24.6 Å². The van der Waals surface area contributed by atoms with Crippen LogP contribution < -0.4 is 0 Å². The van der Waals surface area contributed by atoms with Crippen molar-refractivity contribution >= 4 is 33.4 Å². The van der Waals surface area contributed by atoms with Crippen molar-refractivity contribution in [2.24, 2.45) is 0 Å². The highest BCUT2D eigenvalue weighted by atomic mass is 35.5. The first kappa shape index (κ1) is 15.5. The summed E-state index contributed by atoms with van der Waals surface area (Å²) in [4.78, 5) is 24.5. The van der Waals surface area contributed by atoms with E-state index in [-0.39, 0.29) is 49.5 Å². The van der Waals surface area contributed by atoms with Crippen LogP contribution in [-0.4, -0.2) is 48.6 Å². The first-order valence-corrected chi connectivity index (χ1v) is 8.93. The van der Waals surface area contributed by atoms with Gasteiger partial charge < -0.3 is 0 Å². The number of imide groups is 1. The number of benzene rings is 1. The highest BCUT2D eigenvalue weighted by Crippen LogP contribution is 2.27. The maximum atomic E-state index is 12.3. The fraction of sp³-hybridized carbons (Fsp3) is 0.429. The lowest BCUT2D eigenvalue weighted by atomic mass is 10.1. The third-order valence-electron chi connectivity index (χ3n) is 3.97. The minimum atomic E-state index is -3.50. The number of sulfonamides is 1. The molecule has 2 amide bonds. The second-order valence-corrected chi connectivity index (χ2v) is 7.85. The van der Waals surface area contributed by atoms with Gasteiger partial charge in [-0.25, -0.2) is 8.42 Å². The highest BCUT2D eigenvalue weighted by Gasteiger charge is 2.44. The topological polar surface area (TPSA) is 74.8 Å². The molecule has 2 heterocycles. The van der Waals surface area contributed by atoms with Gasteiger partial charge in [0.05, 0.1) is 11.8 Å². The summed E-state index contributed by atoms with van der Waals surface area (Å²) >= 11 is 5.99. The summed E-state index contributed by atoms with van der Waals surface area (Å²) in [6, 6.07) is 6.46. The summed E-state index contributed by atoms with van der Waals surface area (Å²) in [5.74, 6) is -0.599. The molecule has 8 heteroatoms. The van der Waals surface area contributed by atoms with Gasteiger partial charge in [0.15, 0.2) is 0 Å². The van der Waals surface area contributed by atoms with E-state index in [1.54, 1.807) is 24.3 Å². The van der Waals surface area contributed by atoms with Crippen LogP contribution >= 0.6 is 11.6 Å². The van der Waals surface area contributed by atoms with Crippen LogP contribution in [0.4, 0.5) is 0 Å². The summed E-state index contributed by atoms with van der Waals surface area (Å²) < 4.78 is 26.0. The molecule has 118 valence electrons. The number of carbonyl (C=O) groups excluding carboxylic acids is 2. The Hall–Kier alpha value is -1.44. The smallest absolute Gasteiger partial charge is 0.230 e. The van der Waals surface area contributed by atoms with Gasteiger partial charge in [0.2, 0.25) is 21.8 Å². The summed E-state index contributed by atoms with van der Waals surface area (Å²) in [6.45, 7) is 0.342. The van der Waals surface area contributed by atoms with E-state index in [0.717, 1.165) is 0 Å². The van der Waals surface area contributed by atoms with Crippen molar-refractivity contribution in [3.63, 3.8) is 0 Å². The molecule has 0 unspecified atom stereocenters. The van der Waals surface area contributed by atoms with Crippen molar-refractivity contribution in [1.29, 1.82) is 0 Å². The van der Waals surface area contributed by atoms with Crippen LogP contribution in [0.25, 0.3) is 0 Å². The number of hydrogen-bond acceptors (Lipinski definition) is 4. The van der Waals surface area contributed by atoms with Crippen molar-refractivity contribution in [3.05, 3.63) is 34.9 Å². The second kappa shape index (κ2) is 5.64. The molecule has 0 aromatic heterocycles. The molecule has 3 rings (SSSR count). The first-order valence-electron chi connectivity index (χ1n) is 6.94. The Balaban J connectivity index is 1.65. The Morgan fingerprint density at radius 3 is 2.27 bits per heavy atom. The summed E-state index contributed by atoms with van der Waals surface area (Å²) in [7, 11) is -3.50. The van der Waals surface area contributed by atoms with Crippen molar-refractivity contribution in [3.8, 4) is 0 Å². The Morgan fingerprint density at radius 1 is 1.09 bits per heavy atom. The van der Waals surface area contributed by atoms with Gasteiger partial charge in [-0.1, -0.05) is 29.8 Å². The van der Waals surface area contributed by atoms with E-state index in [2.05, 4.69) is 0 Å². The van der Waals surface area contributed by atoms with Gasteiger partial charge in [0.25, 0.3) is 0 Å².